The van der Waals surface area contributed by atoms with Gasteiger partial charge in [-0.05, 0) is 31.9 Å². The van der Waals surface area contributed by atoms with Crippen LogP contribution < -0.4 is 0 Å². The van der Waals surface area contributed by atoms with Crippen LogP contribution in [0.15, 0.2) is 12.3 Å². The van der Waals surface area contributed by atoms with Crippen LogP contribution in [0.25, 0.3) is 0 Å². The van der Waals surface area contributed by atoms with Crippen LogP contribution in [-0.2, 0) is 6.42 Å². The molecule has 0 spiro atoms. The van der Waals surface area contributed by atoms with Gasteiger partial charge in [-0.2, -0.15) is 10.2 Å². The van der Waals surface area contributed by atoms with Gasteiger partial charge < -0.3 is 0 Å². The minimum Gasteiger partial charge on any atom is -0.159 e. The zero-order valence-electron chi connectivity index (χ0n) is 5.46. The third-order valence-electron chi connectivity index (χ3n) is 1.28. The van der Waals surface area contributed by atoms with Crippen molar-refractivity contribution in [3.63, 3.8) is 0 Å². The van der Waals surface area contributed by atoms with E-state index in [-0.39, 0.29) is 0 Å². The topological polar surface area (TPSA) is 25.8 Å². The lowest BCUT2D eigenvalue weighted by atomic mass is 10.2. The number of hydrogen-bond donors (Lipinski definition) is 0. The summed E-state index contributed by atoms with van der Waals surface area (Å²) in [6.45, 7) is 5.69. The Bertz CT molecular complexity index is 196. The minimum atomic E-state index is 0.793. The molecule has 0 aliphatic rings. The molecule has 0 fully saturated rings. The first-order valence-electron chi connectivity index (χ1n) is 2.91. The molecule has 0 atom stereocenters. The molecule has 0 aromatic carbocycles. The van der Waals surface area contributed by atoms with Crippen molar-refractivity contribution >= 4 is 0 Å². The Balaban J connectivity index is 3.01. The summed E-state index contributed by atoms with van der Waals surface area (Å²) in [4.78, 5) is 0. The first-order valence-corrected chi connectivity index (χ1v) is 2.91. The van der Waals surface area contributed by atoms with E-state index in [9.17, 15) is 0 Å². The van der Waals surface area contributed by atoms with E-state index in [4.69, 9.17) is 0 Å². The highest BCUT2D eigenvalue weighted by Gasteiger charge is 1.92. The van der Waals surface area contributed by atoms with Crippen LogP contribution in [0, 0.1) is 13.8 Å². The molecular formula is C7H9N2. The highest BCUT2D eigenvalue weighted by atomic mass is 15.1. The molecule has 0 saturated heterocycles. The maximum atomic E-state index is 3.86. The number of rotatable bonds is 1. The molecule has 0 bridgehead atoms. The molecule has 47 valence electrons. The molecule has 1 aromatic heterocycles. The molecule has 0 N–H and O–H groups in total. The summed E-state index contributed by atoms with van der Waals surface area (Å²) in [5, 5.41) is 7.58. The summed E-state index contributed by atoms with van der Waals surface area (Å²) in [5.74, 6) is 0. The molecule has 0 saturated carbocycles. The third-order valence-corrected chi connectivity index (χ3v) is 1.28. The lowest BCUT2D eigenvalue weighted by Gasteiger charge is -1.95. The van der Waals surface area contributed by atoms with E-state index in [0.717, 1.165) is 12.1 Å². The lowest BCUT2D eigenvalue weighted by molar-refractivity contribution is 0.947. The largest absolute Gasteiger partial charge is 0.159 e. The Morgan fingerprint density at radius 1 is 1.67 bits per heavy atom. The van der Waals surface area contributed by atoms with Gasteiger partial charge in [0.2, 0.25) is 0 Å². The summed E-state index contributed by atoms with van der Waals surface area (Å²) >= 11 is 0. The van der Waals surface area contributed by atoms with E-state index in [2.05, 4.69) is 17.1 Å². The maximum absolute atomic E-state index is 3.86. The number of aromatic nitrogens is 2. The van der Waals surface area contributed by atoms with Gasteiger partial charge in [0.1, 0.15) is 0 Å². The standard InChI is InChI=1S/C7H9N2/c1-3-7-4-5-8-9-6(7)2/h4-5H,1,3H2,2H3. The fourth-order valence-electron chi connectivity index (χ4n) is 0.692. The Morgan fingerprint density at radius 2 is 2.44 bits per heavy atom. The van der Waals surface area contributed by atoms with Crippen molar-refractivity contribution in [3.8, 4) is 0 Å². The molecule has 1 radical (unpaired) electrons. The van der Waals surface area contributed by atoms with Gasteiger partial charge in [0, 0.05) is 6.20 Å². The van der Waals surface area contributed by atoms with Gasteiger partial charge in [0.25, 0.3) is 0 Å². The highest BCUT2D eigenvalue weighted by molar-refractivity contribution is 5.15. The monoisotopic (exact) mass is 121 g/mol. The minimum absolute atomic E-state index is 0.793. The van der Waals surface area contributed by atoms with Crippen molar-refractivity contribution in [2.75, 3.05) is 0 Å². The van der Waals surface area contributed by atoms with Crippen LogP contribution in [0.3, 0.4) is 0 Å². The first kappa shape index (κ1) is 6.20. The molecule has 0 unspecified atom stereocenters. The van der Waals surface area contributed by atoms with E-state index in [0.29, 0.717) is 0 Å². The zero-order chi connectivity index (χ0) is 6.69. The van der Waals surface area contributed by atoms with E-state index in [1.807, 2.05) is 13.0 Å². The fraction of sp³-hybridized carbons (Fsp3) is 0.286. The van der Waals surface area contributed by atoms with Crippen LogP contribution in [-0.4, -0.2) is 10.2 Å². The van der Waals surface area contributed by atoms with Gasteiger partial charge in [0.05, 0.1) is 5.69 Å². The van der Waals surface area contributed by atoms with Gasteiger partial charge in [0.15, 0.2) is 0 Å². The van der Waals surface area contributed by atoms with Crippen LogP contribution in [0.5, 0.6) is 0 Å². The van der Waals surface area contributed by atoms with Gasteiger partial charge in [-0.1, -0.05) is 0 Å². The number of aryl methyl sites for hydroxylation is 1. The van der Waals surface area contributed by atoms with Gasteiger partial charge in [-0.25, -0.2) is 0 Å². The smallest absolute Gasteiger partial charge is 0.0632 e. The van der Waals surface area contributed by atoms with Crippen molar-refractivity contribution < 1.29 is 0 Å². The first-order chi connectivity index (χ1) is 4.34. The SMILES string of the molecule is [CH2]Cc1ccnnc1C. The summed E-state index contributed by atoms with van der Waals surface area (Å²) in [5.41, 5.74) is 2.15. The second kappa shape index (κ2) is 2.58. The summed E-state index contributed by atoms with van der Waals surface area (Å²) in [6, 6.07) is 1.94. The van der Waals surface area contributed by atoms with Crippen LogP contribution in [0.4, 0.5) is 0 Å². The normalized spacial score (nSPS) is 9.56. The molecular weight excluding hydrogens is 112 g/mol. The second-order valence-corrected chi connectivity index (χ2v) is 1.89. The Hall–Kier alpha value is -0.920. The lowest BCUT2D eigenvalue weighted by Crippen LogP contribution is -1.91. The molecule has 0 aliphatic heterocycles. The average Bonchev–Trinajstić information content (AvgIpc) is 1.89. The molecule has 2 heteroatoms. The Kier molecular flexibility index (Phi) is 1.78. The van der Waals surface area contributed by atoms with Crippen LogP contribution in [0.1, 0.15) is 11.3 Å². The quantitative estimate of drug-likeness (QED) is 0.557. The second-order valence-electron chi connectivity index (χ2n) is 1.89. The number of nitrogens with zero attached hydrogens (tertiary/aromatic N) is 2. The van der Waals surface area contributed by atoms with E-state index >= 15 is 0 Å². The Labute approximate surface area is 54.9 Å². The average molecular weight is 121 g/mol. The van der Waals surface area contributed by atoms with Crippen molar-refractivity contribution in [1.82, 2.24) is 10.2 Å². The van der Waals surface area contributed by atoms with Crippen molar-refractivity contribution in [2.24, 2.45) is 0 Å². The molecule has 0 amide bonds. The summed E-state index contributed by atoms with van der Waals surface area (Å²) < 4.78 is 0. The highest BCUT2D eigenvalue weighted by Crippen LogP contribution is 2.00. The molecule has 1 heterocycles. The zero-order valence-corrected chi connectivity index (χ0v) is 5.46. The molecule has 9 heavy (non-hydrogen) atoms. The van der Waals surface area contributed by atoms with Crippen molar-refractivity contribution in [1.29, 1.82) is 0 Å². The maximum Gasteiger partial charge on any atom is 0.0632 e. The fourth-order valence-corrected chi connectivity index (χ4v) is 0.692. The van der Waals surface area contributed by atoms with E-state index in [1.165, 1.54) is 5.56 Å². The molecule has 1 rings (SSSR count). The van der Waals surface area contributed by atoms with E-state index in [1.54, 1.807) is 6.20 Å². The summed E-state index contributed by atoms with van der Waals surface area (Å²) in [7, 11) is 0. The van der Waals surface area contributed by atoms with Crippen LogP contribution >= 0.6 is 0 Å². The molecule has 0 aliphatic carbocycles. The van der Waals surface area contributed by atoms with Gasteiger partial charge >= 0.3 is 0 Å². The van der Waals surface area contributed by atoms with Gasteiger partial charge in [-0.15, -0.1) is 0 Å². The Morgan fingerprint density at radius 3 is 2.89 bits per heavy atom. The molecule has 2 nitrogen and oxygen atoms in total. The predicted octanol–water partition coefficient (Wildman–Crippen LogP) is 1.16. The van der Waals surface area contributed by atoms with Gasteiger partial charge in [-0.3, -0.25) is 0 Å². The van der Waals surface area contributed by atoms with E-state index < -0.39 is 0 Å². The van der Waals surface area contributed by atoms with Crippen molar-refractivity contribution in [2.45, 2.75) is 13.3 Å². The predicted molar refractivity (Wildman–Crippen MR) is 35.8 cm³/mol. The molecule has 1 aromatic rings. The van der Waals surface area contributed by atoms with Crippen molar-refractivity contribution in [3.05, 3.63) is 30.4 Å². The number of hydrogen-bond acceptors (Lipinski definition) is 2. The van der Waals surface area contributed by atoms with Crippen LogP contribution in [0.2, 0.25) is 0 Å². The third kappa shape index (κ3) is 1.25. The summed E-state index contributed by atoms with van der Waals surface area (Å²) in [6.07, 6.45) is 2.48.